The molecule has 90 valence electrons. The summed E-state index contributed by atoms with van der Waals surface area (Å²) in [6.07, 6.45) is -3.58. The van der Waals surface area contributed by atoms with Gasteiger partial charge in [0.1, 0.15) is 18.1 Å². The van der Waals surface area contributed by atoms with Gasteiger partial charge < -0.3 is 15.9 Å². The molecule has 3 nitrogen and oxygen atoms in total. The number of halogens is 2. The van der Waals surface area contributed by atoms with Gasteiger partial charge in [0, 0.05) is 5.56 Å². The normalized spacial score (nSPS) is 18.9. The number of benzene rings is 1. The van der Waals surface area contributed by atoms with Crippen LogP contribution in [0, 0.1) is 5.82 Å². The van der Waals surface area contributed by atoms with Gasteiger partial charge in [0.05, 0.1) is 12.1 Å². The van der Waals surface area contributed by atoms with Crippen LogP contribution in [0.1, 0.15) is 12.5 Å². The van der Waals surface area contributed by atoms with Crippen molar-refractivity contribution >= 4 is 0 Å². The second-order valence-corrected chi connectivity index (χ2v) is 3.91. The summed E-state index contributed by atoms with van der Waals surface area (Å²) in [5, 5.41) is 17.8. The van der Waals surface area contributed by atoms with Gasteiger partial charge >= 0.3 is 0 Å². The number of aliphatic hydroxyl groups is 2. The molecule has 0 saturated heterocycles. The Morgan fingerprint density at radius 3 is 2.50 bits per heavy atom. The maximum absolute atomic E-state index is 13.7. The monoisotopic (exact) mass is 231 g/mol. The standard InChI is InChI=1S/C11H15F2NO2/c1-11(14,10(13)9(16)6-15)7-4-2-3-5-8(7)12/h2-5,9-10,15-16H,6,14H2,1H3/t9-,10-,11+/m0/s1. The van der Waals surface area contributed by atoms with Gasteiger partial charge in [-0.1, -0.05) is 18.2 Å². The Morgan fingerprint density at radius 2 is 2.00 bits per heavy atom. The molecule has 0 aliphatic heterocycles. The summed E-state index contributed by atoms with van der Waals surface area (Å²) in [6, 6.07) is 5.51. The zero-order valence-electron chi connectivity index (χ0n) is 8.90. The van der Waals surface area contributed by atoms with Crippen LogP contribution in [-0.4, -0.2) is 29.1 Å². The minimum absolute atomic E-state index is 0.0324. The molecule has 0 radical (unpaired) electrons. The Bertz CT molecular complexity index is 358. The van der Waals surface area contributed by atoms with E-state index in [4.69, 9.17) is 10.8 Å². The quantitative estimate of drug-likeness (QED) is 0.714. The molecule has 1 aromatic rings. The van der Waals surface area contributed by atoms with Crippen molar-refractivity contribution in [2.24, 2.45) is 5.73 Å². The van der Waals surface area contributed by atoms with Gasteiger partial charge in [0.2, 0.25) is 0 Å². The largest absolute Gasteiger partial charge is 0.394 e. The van der Waals surface area contributed by atoms with Crippen LogP contribution in [0.5, 0.6) is 0 Å². The van der Waals surface area contributed by atoms with E-state index >= 15 is 0 Å². The predicted octanol–water partition coefficient (Wildman–Crippen LogP) is 0.691. The van der Waals surface area contributed by atoms with E-state index in [1.54, 1.807) is 0 Å². The molecule has 0 aliphatic rings. The maximum atomic E-state index is 13.7. The molecule has 16 heavy (non-hydrogen) atoms. The summed E-state index contributed by atoms with van der Waals surface area (Å²) in [4.78, 5) is 0. The smallest absolute Gasteiger partial charge is 0.150 e. The van der Waals surface area contributed by atoms with Crippen molar-refractivity contribution < 1.29 is 19.0 Å². The van der Waals surface area contributed by atoms with E-state index in [9.17, 15) is 13.9 Å². The molecule has 1 aromatic carbocycles. The fourth-order valence-electron chi connectivity index (χ4n) is 1.54. The average molecular weight is 231 g/mol. The average Bonchev–Trinajstić information content (AvgIpc) is 2.27. The third-order valence-corrected chi connectivity index (χ3v) is 2.55. The van der Waals surface area contributed by atoms with E-state index in [2.05, 4.69) is 0 Å². The van der Waals surface area contributed by atoms with Crippen LogP contribution in [0.4, 0.5) is 8.78 Å². The Labute approximate surface area is 92.5 Å². The van der Waals surface area contributed by atoms with Crippen LogP contribution in [0.15, 0.2) is 24.3 Å². The molecule has 0 amide bonds. The summed E-state index contributed by atoms with van der Waals surface area (Å²) in [5.41, 5.74) is 3.95. The molecular weight excluding hydrogens is 216 g/mol. The van der Waals surface area contributed by atoms with Crippen molar-refractivity contribution in [3.8, 4) is 0 Å². The lowest BCUT2D eigenvalue weighted by Crippen LogP contribution is -2.50. The van der Waals surface area contributed by atoms with Gasteiger partial charge in [-0.3, -0.25) is 0 Å². The third kappa shape index (κ3) is 2.37. The summed E-state index contributed by atoms with van der Waals surface area (Å²) in [7, 11) is 0. The second kappa shape index (κ2) is 4.86. The Morgan fingerprint density at radius 1 is 1.44 bits per heavy atom. The second-order valence-electron chi connectivity index (χ2n) is 3.91. The third-order valence-electron chi connectivity index (χ3n) is 2.55. The highest BCUT2D eigenvalue weighted by atomic mass is 19.1. The van der Waals surface area contributed by atoms with Gasteiger partial charge in [-0.15, -0.1) is 0 Å². The minimum Gasteiger partial charge on any atom is -0.394 e. The van der Waals surface area contributed by atoms with Crippen LogP contribution >= 0.6 is 0 Å². The van der Waals surface area contributed by atoms with Gasteiger partial charge in [-0.05, 0) is 13.0 Å². The summed E-state index contributed by atoms with van der Waals surface area (Å²) >= 11 is 0. The first-order chi connectivity index (χ1) is 7.41. The molecule has 0 unspecified atom stereocenters. The number of aliphatic hydroxyl groups excluding tert-OH is 2. The van der Waals surface area contributed by atoms with E-state index in [0.717, 1.165) is 0 Å². The van der Waals surface area contributed by atoms with Crippen LogP contribution in [0.25, 0.3) is 0 Å². The molecule has 5 heteroatoms. The Balaban J connectivity index is 3.06. The first-order valence-electron chi connectivity index (χ1n) is 4.88. The molecule has 0 spiro atoms. The summed E-state index contributed by atoms with van der Waals surface area (Å²) in [5.74, 6) is -0.639. The van der Waals surface area contributed by atoms with E-state index in [-0.39, 0.29) is 5.56 Å². The van der Waals surface area contributed by atoms with Crippen LogP contribution < -0.4 is 5.73 Å². The van der Waals surface area contributed by atoms with Gasteiger partial charge in [0.25, 0.3) is 0 Å². The lowest BCUT2D eigenvalue weighted by molar-refractivity contribution is -0.00467. The number of rotatable bonds is 4. The Hall–Kier alpha value is -1.04. The van der Waals surface area contributed by atoms with E-state index in [1.165, 1.54) is 31.2 Å². The molecule has 0 saturated carbocycles. The predicted molar refractivity (Wildman–Crippen MR) is 55.9 cm³/mol. The van der Waals surface area contributed by atoms with Gasteiger partial charge in [-0.2, -0.15) is 0 Å². The lowest BCUT2D eigenvalue weighted by Gasteiger charge is -2.31. The van der Waals surface area contributed by atoms with E-state index in [0.29, 0.717) is 0 Å². The fourth-order valence-corrected chi connectivity index (χ4v) is 1.54. The van der Waals surface area contributed by atoms with Crippen LogP contribution in [-0.2, 0) is 5.54 Å². The molecule has 0 bridgehead atoms. The van der Waals surface area contributed by atoms with Crippen molar-refractivity contribution in [2.75, 3.05) is 6.61 Å². The van der Waals surface area contributed by atoms with Crippen LogP contribution in [0.2, 0.25) is 0 Å². The van der Waals surface area contributed by atoms with Crippen molar-refractivity contribution in [1.82, 2.24) is 0 Å². The van der Waals surface area contributed by atoms with Crippen molar-refractivity contribution in [3.05, 3.63) is 35.6 Å². The minimum atomic E-state index is -1.95. The molecule has 1 rings (SSSR count). The number of hydrogen-bond acceptors (Lipinski definition) is 3. The number of hydrogen-bond donors (Lipinski definition) is 3. The summed E-state index contributed by atoms with van der Waals surface area (Å²) in [6.45, 7) is 0.511. The number of alkyl halides is 1. The highest BCUT2D eigenvalue weighted by Gasteiger charge is 2.38. The zero-order valence-corrected chi connectivity index (χ0v) is 8.90. The topological polar surface area (TPSA) is 66.5 Å². The molecule has 3 atom stereocenters. The number of nitrogens with two attached hydrogens (primary N) is 1. The highest BCUT2D eigenvalue weighted by Crippen LogP contribution is 2.28. The van der Waals surface area contributed by atoms with Crippen molar-refractivity contribution in [2.45, 2.75) is 24.7 Å². The Kier molecular flexibility index (Phi) is 3.96. The molecule has 0 heterocycles. The highest BCUT2D eigenvalue weighted by molar-refractivity contribution is 5.27. The lowest BCUT2D eigenvalue weighted by atomic mass is 9.85. The summed E-state index contributed by atoms with van der Waals surface area (Å²) < 4.78 is 27.2. The zero-order chi connectivity index (χ0) is 12.3. The van der Waals surface area contributed by atoms with E-state index in [1.807, 2.05) is 0 Å². The maximum Gasteiger partial charge on any atom is 0.150 e. The van der Waals surface area contributed by atoms with Gasteiger partial charge in [-0.25, -0.2) is 8.78 Å². The molecule has 0 aromatic heterocycles. The van der Waals surface area contributed by atoms with Gasteiger partial charge in [0.15, 0.2) is 0 Å². The molecule has 0 fully saturated rings. The fraction of sp³-hybridized carbons (Fsp3) is 0.455. The molecular formula is C11H15F2NO2. The van der Waals surface area contributed by atoms with E-state index < -0.39 is 30.2 Å². The first kappa shape index (κ1) is 13.0. The SMILES string of the molecule is C[C@@](N)(c1ccccc1F)[C@@H](F)[C@@H](O)CO. The molecule has 0 aliphatic carbocycles. The van der Waals surface area contributed by atoms with Crippen molar-refractivity contribution in [3.63, 3.8) is 0 Å². The van der Waals surface area contributed by atoms with Crippen molar-refractivity contribution in [1.29, 1.82) is 0 Å². The first-order valence-corrected chi connectivity index (χ1v) is 4.88. The molecule has 4 N–H and O–H groups in total. The van der Waals surface area contributed by atoms with Crippen LogP contribution in [0.3, 0.4) is 0 Å².